The van der Waals surface area contributed by atoms with Crippen molar-refractivity contribution in [2.75, 3.05) is 6.61 Å². The van der Waals surface area contributed by atoms with Gasteiger partial charge in [-0.05, 0) is 54.9 Å². The van der Waals surface area contributed by atoms with Gasteiger partial charge in [0.2, 0.25) is 0 Å². The molecule has 0 unspecified atom stereocenters. The van der Waals surface area contributed by atoms with E-state index in [9.17, 15) is 9.59 Å². The first-order valence-corrected chi connectivity index (χ1v) is 8.77. The van der Waals surface area contributed by atoms with Crippen LogP contribution in [0.3, 0.4) is 0 Å². The molecule has 134 valence electrons. The van der Waals surface area contributed by atoms with Crippen molar-refractivity contribution in [1.82, 2.24) is 0 Å². The Kier molecular flexibility index (Phi) is 6.58. The number of benzene rings is 1. The number of nitrogens with zero attached hydrogens (tertiary/aromatic N) is 1. The lowest BCUT2D eigenvalue weighted by molar-refractivity contribution is -0.159. The quantitative estimate of drug-likeness (QED) is 0.762. The van der Waals surface area contributed by atoms with E-state index in [0.717, 1.165) is 19.3 Å². The van der Waals surface area contributed by atoms with Crippen LogP contribution < -0.4 is 0 Å². The number of nitriles is 1. The molecule has 1 saturated carbocycles. The lowest BCUT2D eigenvalue weighted by Crippen LogP contribution is -2.36. The molecule has 0 bridgehead atoms. The van der Waals surface area contributed by atoms with E-state index in [0.29, 0.717) is 28.9 Å². The van der Waals surface area contributed by atoms with Gasteiger partial charge in [-0.15, -0.1) is 0 Å². The van der Waals surface area contributed by atoms with Crippen molar-refractivity contribution in [3.8, 4) is 6.07 Å². The monoisotopic (exact) mass is 343 g/mol. The first-order valence-electron chi connectivity index (χ1n) is 8.77. The topological polar surface area (TPSA) is 76.4 Å². The largest absolute Gasteiger partial charge is 0.460 e. The van der Waals surface area contributed by atoms with Crippen LogP contribution in [0.1, 0.15) is 56.0 Å². The average molecular weight is 343 g/mol. The molecular weight excluding hydrogens is 318 g/mol. The van der Waals surface area contributed by atoms with Gasteiger partial charge in [-0.2, -0.15) is 5.26 Å². The van der Waals surface area contributed by atoms with Crippen molar-refractivity contribution in [2.45, 2.75) is 46.1 Å². The van der Waals surface area contributed by atoms with Crippen molar-refractivity contribution in [1.29, 1.82) is 5.26 Å². The van der Waals surface area contributed by atoms with Crippen LogP contribution in [-0.2, 0) is 14.3 Å². The van der Waals surface area contributed by atoms with Crippen LogP contribution in [0.4, 0.5) is 0 Å². The summed E-state index contributed by atoms with van der Waals surface area (Å²) in [5.74, 6) is 0.237. The highest BCUT2D eigenvalue weighted by Crippen LogP contribution is 2.35. The van der Waals surface area contributed by atoms with Crippen molar-refractivity contribution in [2.24, 2.45) is 17.8 Å². The molecule has 1 fully saturated rings. The van der Waals surface area contributed by atoms with Crippen molar-refractivity contribution < 1.29 is 19.1 Å². The standard InChI is InChI=1S/C20H25NO4/c1-13(2)17-9-4-14(3)10-18(17)25-19(22)12-24-20(23)16-7-5-15(11-21)6-8-16/h5-8,13-14,17-18H,4,9-10,12H2,1-3H3/t14-,17-,18+/m1/s1. The zero-order chi connectivity index (χ0) is 18.4. The summed E-state index contributed by atoms with van der Waals surface area (Å²) < 4.78 is 10.6. The molecule has 2 rings (SSSR count). The third-order valence-corrected chi connectivity index (χ3v) is 4.81. The maximum absolute atomic E-state index is 12.1. The zero-order valence-corrected chi connectivity index (χ0v) is 15.0. The molecular formula is C20H25NO4. The first kappa shape index (κ1) is 19.0. The molecule has 3 atom stereocenters. The number of carbonyl (C=O) groups excluding carboxylic acids is 2. The lowest BCUT2D eigenvalue weighted by atomic mass is 9.75. The molecule has 5 nitrogen and oxygen atoms in total. The Morgan fingerprint density at radius 1 is 1.24 bits per heavy atom. The van der Waals surface area contributed by atoms with E-state index in [1.807, 2.05) is 6.07 Å². The van der Waals surface area contributed by atoms with Crippen LogP contribution in [0, 0.1) is 29.1 Å². The highest BCUT2D eigenvalue weighted by atomic mass is 16.6. The minimum absolute atomic E-state index is 0.107. The number of carbonyl (C=O) groups is 2. The first-order chi connectivity index (χ1) is 11.9. The van der Waals surface area contributed by atoms with Gasteiger partial charge in [0.1, 0.15) is 6.10 Å². The molecule has 1 aromatic carbocycles. The van der Waals surface area contributed by atoms with Crippen LogP contribution in [0.5, 0.6) is 0 Å². The number of esters is 2. The Balaban J connectivity index is 1.86. The highest BCUT2D eigenvalue weighted by Gasteiger charge is 2.33. The Hall–Kier alpha value is -2.35. The normalized spacial score (nSPS) is 22.9. The second-order valence-electron chi connectivity index (χ2n) is 7.12. The molecule has 0 aromatic heterocycles. The maximum Gasteiger partial charge on any atom is 0.344 e. The molecule has 1 aliphatic carbocycles. The van der Waals surface area contributed by atoms with Gasteiger partial charge >= 0.3 is 11.9 Å². The molecule has 1 aliphatic rings. The fraction of sp³-hybridized carbons (Fsp3) is 0.550. The van der Waals surface area contributed by atoms with Crippen LogP contribution in [0.25, 0.3) is 0 Å². The van der Waals surface area contributed by atoms with Gasteiger partial charge < -0.3 is 9.47 Å². The summed E-state index contributed by atoms with van der Waals surface area (Å²) in [6, 6.07) is 8.05. The minimum atomic E-state index is -0.598. The van der Waals surface area contributed by atoms with E-state index in [1.165, 1.54) is 24.3 Å². The van der Waals surface area contributed by atoms with Crippen LogP contribution in [0.2, 0.25) is 0 Å². The maximum atomic E-state index is 12.1. The molecule has 0 amide bonds. The van der Waals surface area contributed by atoms with Gasteiger partial charge in [0.15, 0.2) is 6.61 Å². The zero-order valence-electron chi connectivity index (χ0n) is 15.0. The lowest BCUT2D eigenvalue weighted by Gasteiger charge is -2.36. The molecule has 25 heavy (non-hydrogen) atoms. The fourth-order valence-electron chi connectivity index (χ4n) is 3.34. The van der Waals surface area contributed by atoms with Gasteiger partial charge in [-0.3, -0.25) is 0 Å². The summed E-state index contributed by atoms with van der Waals surface area (Å²) in [6.45, 7) is 6.07. The summed E-state index contributed by atoms with van der Waals surface area (Å²) in [5.41, 5.74) is 0.764. The van der Waals surface area contributed by atoms with E-state index < -0.39 is 18.5 Å². The van der Waals surface area contributed by atoms with E-state index in [4.69, 9.17) is 14.7 Å². The molecule has 0 heterocycles. The Labute approximate surface area is 148 Å². The van der Waals surface area contributed by atoms with Gasteiger partial charge in [0.05, 0.1) is 17.2 Å². The van der Waals surface area contributed by atoms with Gasteiger partial charge in [0, 0.05) is 0 Å². The molecule has 0 saturated heterocycles. The number of hydrogen-bond donors (Lipinski definition) is 0. The predicted octanol–water partition coefficient (Wildman–Crippen LogP) is 3.72. The predicted molar refractivity (Wildman–Crippen MR) is 92.7 cm³/mol. The van der Waals surface area contributed by atoms with Crippen molar-refractivity contribution >= 4 is 11.9 Å². The summed E-state index contributed by atoms with van der Waals surface area (Å²) in [4.78, 5) is 24.0. The summed E-state index contributed by atoms with van der Waals surface area (Å²) in [7, 11) is 0. The Bertz CT molecular complexity index is 645. The number of rotatable bonds is 5. The average Bonchev–Trinajstić information content (AvgIpc) is 2.59. The van der Waals surface area contributed by atoms with Crippen molar-refractivity contribution in [3.63, 3.8) is 0 Å². The summed E-state index contributed by atoms with van der Waals surface area (Å²) in [5, 5.41) is 8.75. The second kappa shape index (κ2) is 8.66. The summed E-state index contributed by atoms with van der Waals surface area (Å²) >= 11 is 0. The molecule has 0 aliphatic heterocycles. The molecule has 0 N–H and O–H groups in total. The van der Waals surface area contributed by atoms with Crippen LogP contribution in [-0.4, -0.2) is 24.6 Å². The van der Waals surface area contributed by atoms with Gasteiger partial charge in [-0.1, -0.05) is 27.2 Å². The van der Waals surface area contributed by atoms with Crippen molar-refractivity contribution in [3.05, 3.63) is 35.4 Å². The van der Waals surface area contributed by atoms with Crippen LogP contribution in [0.15, 0.2) is 24.3 Å². The molecule has 5 heteroatoms. The second-order valence-corrected chi connectivity index (χ2v) is 7.12. The highest BCUT2D eigenvalue weighted by molar-refractivity contribution is 5.90. The number of hydrogen-bond acceptors (Lipinski definition) is 5. The summed E-state index contributed by atoms with van der Waals surface area (Å²) in [6.07, 6.45) is 2.97. The third-order valence-electron chi connectivity index (χ3n) is 4.81. The van der Waals surface area contributed by atoms with E-state index in [1.54, 1.807) is 0 Å². The smallest absolute Gasteiger partial charge is 0.344 e. The van der Waals surface area contributed by atoms with Crippen LogP contribution >= 0.6 is 0 Å². The molecule has 1 aromatic rings. The van der Waals surface area contributed by atoms with Gasteiger partial charge in [-0.25, -0.2) is 9.59 Å². The number of ether oxygens (including phenoxy) is 2. The molecule has 0 spiro atoms. The third kappa shape index (κ3) is 5.32. The van der Waals surface area contributed by atoms with E-state index in [-0.39, 0.29) is 6.10 Å². The van der Waals surface area contributed by atoms with E-state index in [2.05, 4.69) is 20.8 Å². The molecule has 0 radical (unpaired) electrons. The SMILES string of the molecule is CC(C)[C@H]1CC[C@@H](C)C[C@@H]1OC(=O)COC(=O)c1ccc(C#N)cc1. The Morgan fingerprint density at radius 3 is 2.52 bits per heavy atom. The Morgan fingerprint density at radius 2 is 1.92 bits per heavy atom. The van der Waals surface area contributed by atoms with Gasteiger partial charge in [0.25, 0.3) is 0 Å². The fourth-order valence-corrected chi connectivity index (χ4v) is 3.34. The minimum Gasteiger partial charge on any atom is -0.460 e. The van der Waals surface area contributed by atoms with E-state index >= 15 is 0 Å².